The first kappa shape index (κ1) is 23.6. The third-order valence-corrected chi connectivity index (χ3v) is 5.20. The van der Waals surface area contributed by atoms with E-state index in [1.165, 1.54) is 25.4 Å². The summed E-state index contributed by atoms with van der Waals surface area (Å²) >= 11 is 0. The first-order valence-electron chi connectivity index (χ1n) is 10.5. The smallest absolute Gasteiger partial charge is 0.406 e. The molecule has 12 heteroatoms. The Labute approximate surface area is 192 Å². The van der Waals surface area contributed by atoms with Crippen LogP contribution in [0.4, 0.5) is 19.0 Å². The zero-order valence-corrected chi connectivity index (χ0v) is 18.2. The number of carbonyl (C=O) groups is 1. The van der Waals surface area contributed by atoms with Gasteiger partial charge in [0.15, 0.2) is 0 Å². The van der Waals surface area contributed by atoms with Crippen LogP contribution >= 0.6 is 0 Å². The molecule has 34 heavy (non-hydrogen) atoms. The molecular weight excluding hydrogens is 455 g/mol. The Bertz CT molecular complexity index is 1100. The average molecular weight is 477 g/mol. The van der Waals surface area contributed by atoms with Crippen LogP contribution in [0.3, 0.4) is 0 Å². The van der Waals surface area contributed by atoms with E-state index < -0.39 is 6.36 Å². The summed E-state index contributed by atoms with van der Waals surface area (Å²) in [5, 5.41) is 6.66. The van der Waals surface area contributed by atoms with Crippen LogP contribution in [-0.4, -0.2) is 52.6 Å². The van der Waals surface area contributed by atoms with Crippen molar-refractivity contribution in [1.82, 2.24) is 20.0 Å². The summed E-state index contributed by atoms with van der Waals surface area (Å²) in [6, 6.07) is 9.06. The van der Waals surface area contributed by atoms with Gasteiger partial charge in [-0.1, -0.05) is 17.3 Å². The number of carbonyl (C=O) groups excluding carboxylic acids is 1. The lowest BCUT2D eigenvalue weighted by Crippen LogP contribution is -2.23. The zero-order chi connectivity index (χ0) is 24.1. The molecule has 2 aromatic heterocycles. The summed E-state index contributed by atoms with van der Waals surface area (Å²) in [5.74, 6) is 0.644. The second-order valence-corrected chi connectivity index (χ2v) is 7.69. The van der Waals surface area contributed by atoms with Crippen molar-refractivity contribution >= 4 is 11.7 Å². The fourth-order valence-electron chi connectivity index (χ4n) is 3.72. The molecule has 1 N–H and O–H groups in total. The van der Waals surface area contributed by atoms with Gasteiger partial charge in [0, 0.05) is 25.4 Å². The lowest BCUT2D eigenvalue weighted by Gasteiger charge is -2.21. The maximum absolute atomic E-state index is 12.4. The molecule has 0 saturated carbocycles. The van der Waals surface area contributed by atoms with E-state index in [0.29, 0.717) is 29.6 Å². The molecular formula is C22H22F3N5O4. The van der Waals surface area contributed by atoms with Crippen LogP contribution < -0.4 is 10.1 Å². The number of hydrogen-bond donors (Lipinski definition) is 1. The van der Waals surface area contributed by atoms with Crippen LogP contribution in [0, 0.1) is 0 Å². The SMILES string of the molecule is COCC(=O)Nc1ccc(-c2noc(C3CCCN3Cc3ccc(OC(F)(F)F)cc3)n2)cn1. The lowest BCUT2D eigenvalue weighted by molar-refractivity contribution is -0.274. The van der Waals surface area contributed by atoms with Crippen molar-refractivity contribution in [2.45, 2.75) is 31.8 Å². The molecule has 1 fully saturated rings. The number of benzene rings is 1. The van der Waals surface area contributed by atoms with E-state index in [0.717, 1.165) is 24.9 Å². The molecule has 3 aromatic rings. The van der Waals surface area contributed by atoms with Crippen molar-refractivity contribution in [3.05, 3.63) is 54.0 Å². The van der Waals surface area contributed by atoms with Gasteiger partial charge in [-0.2, -0.15) is 4.98 Å². The third kappa shape index (κ3) is 6.08. The minimum Gasteiger partial charge on any atom is -0.406 e. The van der Waals surface area contributed by atoms with E-state index >= 15 is 0 Å². The number of anilines is 1. The normalized spacial score (nSPS) is 16.5. The average Bonchev–Trinajstić information content (AvgIpc) is 3.44. The van der Waals surface area contributed by atoms with Crippen LogP contribution in [0.1, 0.15) is 30.3 Å². The van der Waals surface area contributed by atoms with E-state index in [9.17, 15) is 18.0 Å². The Balaban J connectivity index is 1.40. The van der Waals surface area contributed by atoms with Gasteiger partial charge in [0.25, 0.3) is 5.91 Å². The van der Waals surface area contributed by atoms with Crippen LogP contribution in [0.25, 0.3) is 11.4 Å². The predicted molar refractivity (Wildman–Crippen MR) is 114 cm³/mol. The molecule has 1 saturated heterocycles. The monoisotopic (exact) mass is 477 g/mol. The number of ether oxygens (including phenoxy) is 2. The molecule has 1 unspecified atom stereocenters. The second kappa shape index (κ2) is 10.2. The summed E-state index contributed by atoms with van der Waals surface area (Å²) in [6.07, 6.45) is -1.44. The molecule has 0 bridgehead atoms. The van der Waals surface area contributed by atoms with Crippen molar-refractivity contribution in [2.24, 2.45) is 0 Å². The molecule has 1 aliphatic heterocycles. The van der Waals surface area contributed by atoms with Crippen molar-refractivity contribution in [2.75, 3.05) is 25.6 Å². The van der Waals surface area contributed by atoms with Crippen molar-refractivity contribution in [1.29, 1.82) is 0 Å². The van der Waals surface area contributed by atoms with E-state index in [4.69, 9.17) is 9.26 Å². The van der Waals surface area contributed by atoms with Crippen LogP contribution in [0.5, 0.6) is 5.75 Å². The van der Waals surface area contributed by atoms with E-state index in [-0.39, 0.29) is 24.3 Å². The first-order valence-corrected chi connectivity index (χ1v) is 10.5. The van der Waals surface area contributed by atoms with Gasteiger partial charge < -0.3 is 19.3 Å². The molecule has 1 atom stereocenters. The minimum absolute atomic E-state index is 0.0685. The highest BCUT2D eigenvalue weighted by atomic mass is 19.4. The maximum Gasteiger partial charge on any atom is 0.573 e. The van der Waals surface area contributed by atoms with Gasteiger partial charge in [-0.05, 0) is 49.2 Å². The standard InChI is InChI=1S/C22H22F3N5O4/c1-32-13-19(31)27-18-9-6-15(11-26-18)20-28-21(34-29-20)17-3-2-10-30(17)12-14-4-7-16(8-5-14)33-22(23,24)25/h4-9,11,17H,2-3,10,12-13H2,1H3,(H,26,27,31). The fraction of sp³-hybridized carbons (Fsp3) is 0.364. The largest absolute Gasteiger partial charge is 0.573 e. The van der Waals surface area contributed by atoms with Gasteiger partial charge in [-0.15, -0.1) is 13.2 Å². The van der Waals surface area contributed by atoms with Crippen LogP contribution in [-0.2, 0) is 16.1 Å². The van der Waals surface area contributed by atoms with E-state index in [1.54, 1.807) is 24.3 Å². The molecule has 0 aliphatic carbocycles. The van der Waals surface area contributed by atoms with Gasteiger partial charge >= 0.3 is 6.36 Å². The Hall–Kier alpha value is -3.51. The second-order valence-electron chi connectivity index (χ2n) is 7.69. The molecule has 180 valence electrons. The molecule has 0 radical (unpaired) electrons. The summed E-state index contributed by atoms with van der Waals surface area (Å²) in [6.45, 7) is 1.24. The number of nitrogens with zero attached hydrogens (tertiary/aromatic N) is 4. The minimum atomic E-state index is -4.72. The predicted octanol–water partition coefficient (Wildman–Crippen LogP) is 3.95. The topological polar surface area (TPSA) is 103 Å². The Morgan fingerprint density at radius 3 is 2.71 bits per heavy atom. The van der Waals surface area contributed by atoms with Crippen LogP contribution in [0.2, 0.25) is 0 Å². The van der Waals surface area contributed by atoms with Gasteiger partial charge in [-0.3, -0.25) is 9.69 Å². The van der Waals surface area contributed by atoms with E-state index in [2.05, 4.69) is 30.1 Å². The Morgan fingerprint density at radius 2 is 2.03 bits per heavy atom. The number of methoxy groups -OCH3 is 1. The fourth-order valence-corrected chi connectivity index (χ4v) is 3.72. The number of hydrogen-bond acceptors (Lipinski definition) is 8. The molecule has 1 amide bonds. The van der Waals surface area contributed by atoms with Crippen molar-refractivity contribution in [3.8, 4) is 17.1 Å². The lowest BCUT2D eigenvalue weighted by atomic mass is 10.1. The number of nitrogens with one attached hydrogen (secondary N) is 1. The number of amides is 1. The molecule has 1 aromatic carbocycles. The van der Waals surface area contributed by atoms with Crippen LogP contribution in [0.15, 0.2) is 47.1 Å². The Morgan fingerprint density at radius 1 is 1.24 bits per heavy atom. The highest BCUT2D eigenvalue weighted by molar-refractivity contribution is 5.90. The summed E-state index contributed by atoms with van der Waals surface area (Å²) in [7, 11) is 1.43. The summed E-state index contributed by atoms with van der Waals surface area (Å²) in [4.78, 5) is 22.4. The summed E-state index contributed by atoms with van der Waals surface area (Å²) in [5.41, 5.74) is 1.47. The maximum atomic E-state index is 12.4. The van der Waals surface area contributed by atoms with Gasteiger partial charge in [-0.25, -0.2) is 4.98 Å². The van der Waals surface area contributed by atoms with Gasteiger partial charge in [0.05, 0.1) is 6.04 Å². The number of likely N-dealkylation sites (tertiary alicyclic amines) is 1. The van der Waals surface area contributed by atoms with Gasteiger partial charge in [0.1, 0.15) is 18.2 Å². The molecule has 4 rings (SSSR count). The number of aromatic nitrogens is 3. The molecule has 9 nitrogen and oxygen atoms in total. The number of pyridine rings is 1. The zero-order valence-electron chi connectivity index (χ0n) is 18.2. The first-order chi connectivity index (χ1) is 16.3. The molecule has 3 heterocycles. The molecule has 1 aliphatic rings. The third-order valence-electron chi connectivity index (χ3n) is 5.20. The highest BCUT2D eigenvalue weighted by Crippen LogP contribution is 2.33. The number of rotatable bonds is 8. The van der Waals surface area contributed by atoms with E-state index in [1.807, 2.05) is 0 Å². The van der Waals surface area contributed by atoms with Crippen molar-refractivity contribution < 1.29 is 32.0 Å². The Kier molecular flexibility index (Phi) is 7.08. The van der Waals surface area contributed by atoms with Gasteiger partial charge in [0.2, 0.25) is 11.7 Å². The summed E-state index contributed by atoms with van der Waals surface area (Å²) < 4.78 is 51.3. The number of halogens is 3. The van der Waals surface area contributed by atoms with Crippen molar-refractivity contribution in [3.63, 3.8) is 0 Å². The molecule has 0 spiro atoms. The number of alkyl halides is 3. The highest BCUT2D eigenvalue weighted by Gasteiger charge is 2.32. The quantitative estimate of drug-likeness (QED) is 0.520.